The standard InChI is InChI=1S/C19H31FN2O2.C2H6/c1-4-23-11-5-10-21-22-19(14(2)3)16-8-9-17(20)18(12-16)24-13-15-6-7-15;1-2/h8-9,12,14-15,19,21-22H,4-7,10-11,13H2,1-3H3;1-2H3. The maximum atomic E-state index is 14.0. The SMILES string of the molecule is CC.CCOCCCNNC(c1ccc(F)c(OCC2CC2)c1)C(C)C. The smallest absolute Gasteiger partial charge is 0.165 e. The van der Waals surface area contributed by atoms with Crippen LogP contribution in [0.1, 0.15) is 65.5 Å². The van der Waals surface area contributed by atoms with E-state index < -0.39 is 0 Å². The van der Waals surface area contributed by atoms with Crippen molar-refractivity contribution >= 4 is 0 Å². The zero-order valence-corrected chi connectivity index (χ0v) is 17.1. The zero-order valence-electron chi connectivity index (χ0n) is 17.1. The number of benzene rings is 1. The second-order valence-electron chi connectivity index (χ2n) is 6.79. The van der Waals surface area contributed by atoms with E-state index in [-0.39, 0.29) is 11.9 Å². The summed E-state index contributed by atoms with van der Waals surface area (Å²) in [5.41, 5.74) is 7.64. The number of rotatable bonds is 12. The van der Waals surface area contributed by atoms with Gasteiger partial charge in [-0.25, -0.2) is 4.39 Å². The molecule has 1 atom stereocenters. The molecule has 1 saturated carbocycles. The van der Waals surface area contributed by atoms with Crippen molar-refractivity contribution < 1.29 is 13.9 Å². The molecule has 0 aromatic heterocycles. The van der Waals surface area contributed by atoms with Crippen LogP contribution in [0.25, 0.3) is 0 Å². The van der Waals surface area contributed by atoms with Crippen LogP contribution in [0.5, 0.6) is 5.75 Å². The monoisotopic (exact) mass is 368 g/mol. The first-order chi connectivity index (χ1) is 12.6. The Hall–Kier alpha value is -1.17. The first-order valence-corrected chi connectivity index (χ1v) is 10.1. The van der Waals surface area contributed by atoms with Gasteiger partial charge in [-0.2, -0.15) is 0 Å². The third-order valence-electron chi connectivity index (χ3n) is 4.20. The van der Waals surface area contributed by atoms with Gasteiger partial charge in [-0.15, -0.1) is 0 Å². The van der Waals surface area contributed by atoms with E-state index in [2.05, 4.69) is 24.7 Å². The number of halogens is 1. The average molecular weight is 369 g/mol. The van der Waals surface area contributed by atoms with Gasteiger partial charge in [0.1, 0.15) is 0 Å². The maximum absolute atomic E-state index is 14.0. The molecule has 1 aliphatic rings. The summed E-state index contributed by atoms with van der Waals surface area (Å²) < 4.78 is 24.9. The van der Waals surface area contributed by atoms with Crippen LogP contribution in [-0.2, 0) is 4.74 Å². The Kier molecular flexibility index (Phi) is 11.5. The largest absolute Gasteiger partial charge is 0.490 e. The Morgan fingerprint density at radius 2 is 1.96 bits per heavy atom. The van der Waals surface area contributed by atoms with E-state index in [0.29, 0.717) is 24.2 Å². The summed E-state index contributed by atoms with van der Waals surface area (Å²) in [4.78, 5) is 0. The molecule has 1 aromatic rings. The van der Waals surface area contributed by atoms with Crippen LogP contribution in [0.15, 0.2) is 18.2 Å². The predicted octanol–water partition coefficient (Wildman–Crippen LogP) is 4.86. The van der Waals surface area contributed by atoms with Crippen LogP contribution >= 0.6 is 0 Å². The molecule has 1 aromatic carbocycles. The summed E-state index contributed by atoms with van der Waals surface area (Å²) in [5, 5.41) is 0. The molecular weight excluding hydrogens is 331 g/mol. The van der Waals surface area contributed by atoms with E-state index in [9.17, 15) is 4.39 Å². The first kappa shape index (κ1) is 22.9. The molecule has 2 rings (SSSR count). The minimum absolute atomic E-state index is 0.0981. The molecule has 4 nitrogen and oxygen atoms in total. The van der Waals surface area contributed by atoms with E-state index in [4.69, 9.17) is 9.47 Å². The summed E-state index contributed by atoms with van der Waals surface area (Å²) in [5.74, 6) is 1.06. The molecule has 5 heteroatoms. The van der Waals surface area contributed by atoms with E-state index in [1.54, 1.807) is 0 Å². The highest BCUT2D eigenvalue weighted by atomic mass is 19.1. The van der Waals surface area contributed by atoms with Gasteiger partial charge >= 0.3 is 0 Å². The highest BCUT2D eigenvalue weighted by molar-refractivity contribution is 5.32. The number of nitrogens with one attached hydrogen (secondary N) is 2. The van der Waals surface area contributed by atoms with Crippen LogP contribution in [-0.4, -0.2) is 26.4 Å². The molecule has 0 radical (unpaired) electrons. The minimum Gasteiger partial charge on any atom is -0.490 e. The summed E-state index contributed by atoms with van der Waals surface area (Å²) in [6, 6.07) is 5.26. The maximum Gasteiger partial charge on any atom is 0.165 e. The fraction of sp³-hybridized carbons (Fsp3) is 0.714. The van der Waals surface area contributed by atoms with E-state index >= 15 is 0 Å². The second kappa shape index (κ2) is 13.1. The molecule has 150 valence electrons. The van der Waals surface area contributed by atoms with Crippen LogP contribution in [0.4, 0.5) is 4.39 Å². The van der Waals surface area contributed by atoms with Crippen LogP contribution < -0.4 is 15.6 Å². The lowest BCUT2D eigenvalue weighted by atomic mass is 9.96. The molecule has 1 aliphatic carbocycles. The third-order valence-corrected chi connectivity index (χ3v) is 4.20. The van der Waals surface area contributed by atoms with E-state index in [1.807, 2.05) is 32.9 Å². The van der Waals surface area contributed by atoms with Crippen LogP contribution in [0.3, 0.4) is 0 Å². The number of hydrazine groups is 1. The van der Waals surface area contributed by atoms with Crippen molar-refractivity contribution in [3.63, 3.8) is 0 Å². The van der Waals surface area contributed by atoms with E-state index in [0.717, 1.165) is 31.7 Å². The number of ether oxygens (including phenoxy) is 2. The lowest BCUT2D eigenvalue weighted by Gasteiger charge is -2.24. The molecule has 0 aliphatic heterocycles. The van der Waals surface area contributed by atoms with Crippen molar-refractivity contribution in [2.24, 2.45) is 11.8 Å². The van der Waals surface area contributed by atoms with Crippen LogP contribution in [0.2, 0.25) is 0 Å². The Bertz CT molecular complexity index is 493. The van der Waals surface area contributed by atoms with Gasteiger partial charge in [0.15, 0.2) is 11.6 Å². The molecule has 2 N–H and O–H groups in total. The van der Waals surface area contributed by atoms with Crippen molar-refractivity contribution in [3.05, 3.63) is 29.6 Å². The summed E-state index contributed by atoms with van der Waals surface area (Å²) in [6.45, 7) is 13.2. The van der Waals surface area contributed by atoms with Gasteiger partial charge in [0.05, 0.1) is 6.61 Å². The second-order valence-corrected chi connectivity index (χ2v) is 6.79. The highest BCUT2D eigenvalue weighted by Gasteiger charge is 2.23. The van der Waals surface area contributed by atoms with E-state index in [1.165, 1.54) is 18.9 Å². The Balaban J connectivity index is 0.00000163. The average Bonchev–Trinajstić information content (AvgIpc) is 3.46. The highest BCUT2D eigenvalue weighted by Crippen LogP contribution is 2.31. The van der Waals surface area contributed by atoms with Gasteiger partial charge in [-0.3, -0.25) is 10.9 Å². The number of hydrogen-bond donors (Lipinski definition) is 2. The topological polar surface area (TPSA) is 42.5 Å². The molecular formula is C21H37FN2O2. The molecule has 0 bridgehead atoms. The third kappa shape index (κ3) is 8.47. The zero-order chi connectivity index (χ0) is 19.4. The normalized spacial score (nSPS) is 14.7. The Labute approximate surface area is 158 Å². The van der Waals surface area contributed by atoms with Gasteiger partial charge in [-0.05, 0) is 55.7 Å². The molecule has 1 unspecified atom stereocenters. The lowest BCUT2D eigenvalue weighted by Crippen LogP contribution is -2.38. The number of hydrogen-bond acceptors (Lipinski definition) is 4. The van der Waals surface area contributed by atoms with Crippen molar-refractivity contribution in [2.75, 3.05) is 26.4 Å². The molecule has 0 amide bonds. The molecule has 0 heterocycles. The molecule has 0 saturated heterocycles. The molecule has 0 spiro atoms. The van der Waals surface area contributed by atoms with Gasteiger partial charge in [0.25, 0.3) is 0 Å². The van der Waals surface area contributed by atoms with Crippen molar-refractivity contribution in [3.8, 4) is 5.75 Å². The Morgan fingerprint density at radius 1 is 1.23 bits per heavy atom. The summed E-state index contributed by atoms with van der Waals surface area (Å²) in [6.07, 6.45) is 3.34. The van der Waals surface area contributed by atoms with Crippen molar-refractivity contribution in [2.45, 2.75) is 59.9 Å². The Morgan fingerprint density at radius 3 is 2.58 bits per heavy atom. The molecule has 26 heavy (non-hydrogen) atoms. The fourth-order valence-corrected chi connectivity index (χ4v) is 2.54. The van der Waals surface area contributed by atoms with Gasteiger partial charge in [0, 0.05) is 25.8 Å². The van der Waals surface area contributed by atoms with Gasteiger partial charge in [0.2, 0.25) is 0 Å². The van der Waals surface area contributed by atoms with Crippen molar-refractivity contribution in [1.82, 2.24) is 10.9 Å². The lowest BCUT2D eigenvalue weighted by molar-refractivity contribution is 0.143. The predicted molar refractivity (Wildman–Crippen MR) is 106 cm³/mol. The van der Waals surface area contributed by atoms with Gasteiger partial charge in [-0.1, -0.05) is 33.8 Å². The minimum atomic E-state index is -0.286. The molecule has 1 fully saturated rings. The summed E-state index contributed by atoms with van der Waals surface area (Å²) >= 11 is 0. The summed E-state index contributed by atoms with van der Waals surface area (Å²) in [7, 11) is 0. The fourth-order valence-electron chi connectivity index (χ4n) is 2.54. The first-order valence-electron chi connectivity index (χ1n) is 10.1. The quantitative estimate of drug-likeness (QED) is 0.408. The van der Waals surface area contributed by atoms with Crippen molar-refractivity contribution in [1.29, 1.82) is 0 Å². The van der Waals surface area contributed by atoms with Gasteiger partial charge < -0.3 is 9.47 Å². The van der Waals surface area contributed by atoms with Crippen LogP contribution in [0, 0.1) is 17.7 Å².